The van der Waals surface area contributed by atoms with Gasteiger partial charge in [0.15, 0.2) is 6.29 Å². The van der Waals surface area contributed by atoms with Gasteiger partial charge in [-0.1, -0.05) is 0 Å². The molecule has 0 aliphatic heterocycles. The molecule has 0 aliphatic rings. The van der Waals surface area contributed by atoms with Gasteiger partial charge in [0.1, 0.15) is 6.61 Å². The Balaban J connectivity index is 3.98. The van der Waals surface area contributed by atoms with Crippen molar-refractivity contribution in [2.24, 2.45) is 0 Å². The molecule has 0 heterocycles. The van der Waals surface area contributed by atoms with Gasteiger partial charge in [-0.3, -0.25) is 4.79 Å². The van der Waals surface area contributed by atoms with Gasteiger partial charge in [-0.25, -0.2) is 0 Å². The number of aliphatic hydroxyl groups excluding tert-OH is 1. The highest BCUT2D eigenvalue weighted by molar-refractivity contribution is 5.60. The Labute approximate surface area is 53.4 Å². The lowest BCUT2D eigenvalue weighted by atomic mass is 10.3. The number of aldehydes is 1. The quantitative estimate of drug-likeness (QED) is 0.402. The molecule has 0 saturated heterocycles. The van der Waals surface area contributed by atoms with Crippen molar-refractivity contribution in [1.82, 2.24) is 0 Å². The first-order valence-electron chi connectivity index (χ1n) is 2.42. The summed E-state index contributed by atoms with van der Waals surface area (Å²) in [5.41, 5.74) is 0. The Hall–Kier alpha value is -0.450. The van der Waals surface area contributed by atoms with Crippen LogP contribution in [0.5, 0.6) is 0 Å². The first-order valence-corrected chi connectivity index (χ1v) is 2.42. The number of carbonyl (C=O) groups excluding carboxylic acids is 1. The summed E-state index contributed by atoms with van der Waals surface area (Å²) in [5, 5.41) is 8.50. The molecule has 4 heteroatoms. The summed E-state index contributed by atoms with van der Waals surface area (Å²) in [6.07, 6.45) is 0.410. The van der Waals surface area contributed by atoms with Crippen molar-refractivity contribution >= 4 is 6.29 Å². The molecule has 0 fully saturated rings. The third-order valence-electron chi connectivity index (χ3n) is 1.09. The number of ether oxygens (including phenoxy) is 2. The second kappa shape index (κ2) is 3.55. The standard InChI is InChI=1S/C5H10O4/c1-8-5(3-6,4-7)9-2/h3,7H,4H2,1-2H3. The highest BCUT2D eigenvalue weighted by Gasteiger charge is 2.27. The molecule has 0 aromatic heterocycles. The van der Waals surface area contributed by atoms with Crippen molar-refractivity contribution in [3.63, 3.8) is 0 Å². The van der Waals surface area contributed by atoms with Crippen LogP contribution in [-0.4, -0.2) is 38.0 Å². The normalized spacial score (nSPS) is 11.4. The minimum atomic E-state index is -1.46. The van der Waals surface area contributed by atoms with Gasteiger partial charge in [0.2, 0.25) is 5.79 Å². The van der Waals surface area contributed by atoms with Gasteiger partial charge in [-0.2, -0.15) is 0 Å². The Morgan fingerprint density at radius 1 is 1.56 bits per heavy atom. The molecule has 0 atom stereocenters. The van der Waals surface area contributed by atoms with Crippen LogP contribution < -0.4 is 0 Å². The maximum Gasteiger partial charge on any atom is 0.249 e. The van der Waals surface area contributed by atoms with E-state index >= 15 is 0 Å². The average molecular weight is 134 g/mol. The van der Waals surface area contributed by atoms with E-state index in [4.69, 9.17) is 5.11 Å². The van der Waals surface area contributed by atoms with Crippen molar-refractivity contribution in [1.29, 1.82) is 0 Å². The van der Waals surface area contributed by atoms with E-state index in [1.165, 1.54) is 14.2 Å². The molecule has 0 aliphatic carbocycles. The highest BCUT2D eigenvalue weighted by atomic mass is 16.7. The highest BCUT2D eigenvalue weighted by Crippen LogP contribution is 2.04. The zero-order chi connectivity index (χ0) is 7.33. The lowest BCUT2D eigenvalue weighted by Crippen LogP contribution is -2.39. The number of methoxy groups -OCH3 is 2. The van der Waals surface area contributed by atoms with Crippen molar-refractivity contribution in [2.45, 2.75) is 5.79 Å². The molecule has 0 rings (SSSR count). The van der Waals surface area contributed by atoms with Crippen LogP contribution in [0.2, 0.25) is 0 Å². The predicted molar refractivity (Wildman–Crippen MR) is 29.9 cm³/mol. The van der Waals surface area contributed by atoms with Crippen molar-refractivity contribution in [3.05, 3.63) is 0 Å². The molecule has 0 aromatic rings. The van der Waals surface area contributed by atoms with Gasteiger partial charge in [0, 0.05) is 14.2 Å². The van der Waals surface area contributed by atoms with Crippen LogP contribution >= 0.6 is 0 Å². The van der Waals surface area contributed by atoms with E-state index in [0.717, 1.165) is 0 Å². The minimum absolute atomic E-state index is 0.410. The number of hydrogen-bond acceptors (Lipinski definition) is 4. The Morgan fingerprint density at radius 3 is 2.00 bits per heavy atom. The van der Waals surface area contributed by atoms with E-state index in [1.807, 2.05) is 0 Å². The third-order valence-corrected chi connectivity index (χ3v) is 1.09. The molecule has 0 bridgehead atoms. The zero-order valence-electron chi connectivity index (χ0n) is 5.46. The zero-order valence-corrected chi connectivity index (χ0v) is 5.46. The van der Waals surface area contributed by atoms with E-state index in [-0.39, 0.29) is 0 Å². The van der Waals surface area contributed by atoms with Gasteiger partial charge < -0.3 is 14.6 Å². The van der Waals surface area contributed by atoms with Crippen LogP contribution in [0.1, 0.15) is 0 Å². The first kappa shape index (κ1) is 8.55. The lowest BCUT2D eigenvalue weighted by molar-refractivity contribution is -0.210. The van der Waals surface area contributed by atoms with E-state index in [0.29, 0.717) is 6.29 Å². The van der Waals surface area contributed by atoms with Crippen molar-refractivity contribution in [2.75, 3.05) is 20.8 Å². The molecule has 0 unspecified atom stereocenters. The fourth-order valence-corrected chi connectivity index (χ4v) is 0.346. The molecule has 54 valence electrons. The SMILES string of the molecule is COC(C=O)(CO)OC. The van der Waals surface area contributed by atoms with Crippen LogP contribution in [-0.2, 0) is 14.3 Å². The molecular weight excluding hydrogens is 124 g/mol. The molecule has 1 N–H and O–H groups in total. The van der Waals surface area contributed by atoms with Gasteiger partial charge in [-0.05, 0) is 0 Å². The molecule has 4 nitrogen and oxygen atoms in total. The summed E-state index contributed by atoms with van der Waals surface area (Å²) < 4.78 is 9.09. The first-order chi connectivity index (χ1) is 4.24. The topological polar surface area (TPSA) is 55.8 Å². The summed E-state index contributed by atoms with van der Waals surface area (Å²) in [6, 6.07) is 0. The molecule has 0 spiro atoms. The minimum Gasteiger partial charge on any atom is -0.390 e. The van der Waals surface area contributed by atoms with Gasteiger partial charge >= 0.3 is 0 Å². The van der Waals surface area contributed by atoms with E-state index in [9.17, 15) is 4.79 Å². The molecule has 9 heavy (non-hydrogen) atoms. The largest absolute Gasteiger partial charge is 0.390 e. The third kappa shape index (κ3) is 1.74. The van der Waals surface area contributed by atoms with Gasteiger partial charge in [-0.15, -0.1) is 0 Å². The summed E-state index contributed by atoms with van der Waals surface area (Å²) >= 11 is 0. The summed E-state index contributed by atoms with van der Waals surface area (Å²) in [6.45, 7) is -0.469. The van der Waals surface area contributed by atoms with Crippen LogP contribution in [0.4, 0.5) is 0 Å². The average Bonchev–Trinajstić information content (AvgIpc) is 1.95. The molecule has 0 amide bonds. The van der Waals surface area contributed by atoms with E-state index in [2.05, 4.69) is 9.47 Å². The maximum atomic E-state index is 10.1. The molecular formula is C5H10O4. The number of aliphatic hydroxyl groups is 1. The lowest BCUT2D eigenvalue weighted by Gasteiger charge is -2.20. The van der Waals surface area contributed by atoms with Crippen LogP contribution in [0, 0.1) is 0 Å². The summed E-state index contributed by atoms with van der Waals surface area (Å²) in [5.74, 6) is -1.46. The number of rotatable bonds is 4. The molecule has 0 aromatic carbocycles. The van der Waals surface area contributed by atoms with Crippen LogP contribution in [0.15, 0.2) is 0 Å². The van der Waals surface area contributed by atoms with E-state index < -0.39 is 12.4 Å². The van der Waals surface area contributed by atoms with Crippen LogP contribution in [0.25, 0.3) is 0 Å². The maximum absolute atomic E-state index is 10.1. The monoisotopic (exact) mass is 134 g/mol. The van der Waals surface area contributed by atoms with Crippen molar-refractivity contribution < 1.29 is 19.4 Å². The fraction of sp³-hybridized carbons (Fsp3) is 0.800. The Bertz CT molecular complexity index is 78.7. The number of carbonyl (C=O) groups is 1. The second-order valence-electron chi connectivity index (χ2n) is 1.50. The molecule has 0 saturated carbocycles. The van der Waals surface area contributed by atoms with E-state index in [1.54, 1.807) is 0 Å². The predicted octanol–water partition coefficient (Wildman–Crippen LogP) is -0.833. The Morgan fingerprint density at radius 2 is 2.00 bits per heavy atom. The summed E-state index contributed by atoms with van der Waals surface area (Å²) in [4.78, 5) is 10.1. The number of hydrogen-bond donors (Lipinski definition) is 1. The van der Waals surface area contributed by atoms with Crippen molar-refractivity contribution in [3.8, 4) is 0 Å². The fourth-order valence-electron chi connectivity index (χ4n) is 0.346. The summed E-state index contributed by atoms with van der Waals surface area (Å²) in [7, 11) is 2.57. The molecule has 0 radical (unpaired) electrons. The second-order valence-corrected chi connectivity index (χ2v) is 1.50. The smallest absolute Gasteiger partial charge is 0.249 e. The van der Waals surface area contributed by atoms with Crippen LogP contribution in [0.3, 0.4) is 0 Å². The van der Waals surface area contributed by atoms with Gasteiger partial charge in [0.05, 0.1) is 0 Å². The van der Waals surface area contributed by atoms with Gasteiger partial charge in [0.25, 0.3) is 0 Å². The Kier molecular flexibility index (Phi) is 3.37.